The summed E-state index contributed by atoms with van der Waals surface area (Å²) in [5.41, 5.74) is 0. The van der Waals surface area contributed by atoms with E-state index in [2.05, 4.69) is 6.26 Å². The molecule has 0 aromatic rings. The SMILES string of the molecule is CSC1CC2CC1CC2O. The maximum atomic E-state index is 9.42. The summed E-state index contributed by atoms with van der Waals surface area (Å²) in [6, 6.07) is 0. The molecule has 0 amide bonds. The van der Waals surface area contributed by atoms with Gasteiger partial charge in [0.25, 0.3) is 0 Å². The van der Waals surface area contributed by atoms with E-state index in [0.29, 0.717) is 5.92 Å². The fourth-order valence-corrected chi connectivity index (χ4v) is 3.53. The van der Waals surface area contributed by atoms with Crippen molar-refractivity contribution in [1.82, 2.24) is 0 Å². The largest absolute Gasteiger partial charge is 0.393 e. The second-order valence-electron chi connectivity index (χ2n) is 3.57. The second-order valence-corrected chi connectivity index (χ2v) is 4.65. The summed E-state index contributed by atoms with van der Waals surface area (Å²) in [6.45, 7) is 0. The molecule has 2 bridgehead atoms. The van der Waals surface area contributed by atoms with Crippen LogP contribution in [0.25, 0.3) is 0 Å². The Kier molecular flexibility index (Phi) is 1.69. The average Bonchev–Trinajstić information content (AvgIpc) is 2.44. The molecule has 0 spiro atoms. The quantitative estimate of drug-likeness (QED) is 0.624. The van der Waals surface area contributed by atoms with Gasteiger partial charge in [-0.2, -0.15) is 11.8 Å². The first-order valence-corrected chi connectivity index (χ1v) is 5.31. The lowest BCUT2D eigenvalue weighted by molar-refractivity contribution is 0.115. The Labute approximate surface area is 66.2 Å². The van der Waals surface area contributed by atoms with E-state index < -0.39 is 0 Å². The van der Waals surface area contributed by atoms with Gasteiger partial charge in [0.2, 0.25) is 0 Å². The van der Waals surface area contributed by atoms with Gasteiger partial charge >= 0.3 is 0 Å². The molecule has 0 saturated heterocycles. The lowest BCUT2D eigenvalue weighted by atomic mass is 9.97. The molecule has 1 N–H and O–H groups in total. The van der Waals surface area contributed by atoms with Crippen molar-refractivity contribution in [3.63, 3.8) is 0 Å². The molecule has 2 fully saturated rings. The number of hydrogen-bond acceptors (Lipinski definition) is 2. The van der Waals surface area contributed by atoms with Gasteiger partial charge in [-0.1, -0.05) is 0 Å². The Morgan fingerprint density at radius 1 is 1.20 bits per heavy atom. The van der Waals surface area contributed by atoms with Gasteiger partial charge in [-0.15, -0.1) is 0 Å². The molecule has 0 heterocycles. The third-order valence-corrected chi connectivity index (χ3v) is 4.24. The summed E-state index contributed by atoms with van der Waals surface area (Å²) in [4.78, 5) is 0. The molecular formula is C8H14OS. The Morgan fingerprint density at radius 2 is 2.00 bits per heavy atom. The van der Waals surface area contributed by atoms with Crippen molar-refractivity contribution >= 4 is 11.8 Å². The van der Waals surface area contributed by atoms with Crippen LogP contribution >= 0.6 is 11.8 Å². The van der Waals surface area contributed by atoms with Gasteiger partial charge in [-0.05, 0) is 37.4 Å². The van der Waals surface area contributed by atoms with Crippen molar-refractivity contribution in [2.45, 2.75) is 30.6 Å². The predicted octanol–water partition coefficient (Wildman–Crippen LogP) is 1.51. The van der Waals surface area contributed by atoms with Gasteiger partial charge in [-0.25, -0.2) is 0 Å². The molecule has 4 atom stereocenters. The fraction of sp³-hybridized carbons (Fsp3) is 1.00. The van der Waals surface area contributed by atoms with Gasteiger partial charge in [0.1, 0.15) is 0 Å². The van der Waals surface area contributed by atoms with E-state index in [1.165, 1.54) is 12.8 Å². The standard InChI is InChI=1S/C8H14OS/c1-10-8-4-5-2-6(8)3-7(5)9/h5-9H,2-4H2,1H3. The summed E-state index contributed by atoms with van der Waals surface area (Å²) in [5.74, 6) is 1.50. The highest BCUT2D eigenvalue weighted by atomic mass is 32.2. The number of rotatable bonds is 1. The van der Waals surface area contributed by atoms with Crippen LogP contribution in [0.5, 0.6) is 0 Å². The zero-order valence-electron chi connectivity index (χ0n) is 6.29. The first-order chi connectivity index (χ1) is 4.81. The summed E-state index contributed by atoms with van der Waals surface area (Å²) in [6.07, 6.45) is 5.89. The van der Waals surface area contributed by atoms with E-state index in [-0.39, 0.29) is 6.10 Å². The van der Waals surface area contributed by atoms with Crippen LogP contribution in [-0.4, -0.2) is 22.7 Å². The highest BCUT2D eigenvalue weighted by Crippen LogP contribution is 2.48. The minimum absolute atomic E-state index is 0.0494. The van der Waals surface area contributed by atoms with Crippen molar-refractivity contribution in [3.05, 3.63) is 0 Å². The molecule has 2 heteroatoms. The molecule has 0 radical (unpaired) electrons. The van der Waals surface area contributed by atoms with E-state index in [1.54, 1.807) is 0 Å². The molecule has 2 rings (SSSR count). The third-order valence-electron chi connectivity index (χ3n) is 3.06. The topological polar surface area (TPSA) is 20.2 Å². The zero-order valence-corrected chi connectivity index (χ0v) is 7.10. The summed E-state index contributed by atoms with van der Waals surface area (Å²) < 4.78 is 0. The molecule has 0 aromatic carbocycles. The first kappa shape index (κ1) is 6.99. The van der Waals surface area contributed by atoms with Crippen molar-refractivity contribution in [2.24, 2.45) is 11.8 Å². The van der Waals surface area contributed by atoms with E-state index >= 15 is 0 Å². The van der Waals surface area contributed by atoms with E-state index in [0.717, 1.165) is 17.6 Å². The lowest BCUT2D eigenvalue weighted by Crippen LogP contribution is -2.22. The normalized spacial score (nSPS) is 52.2. The predicted molar refractivity (Wildman–Crippen MR) is 44.1 cm³/mol. The zero-order chi connectivity index (χ0) is 7.14. The van der Waals surface area contributed by atoms with Gasteiger partial charge in [0, 0.05) is 5.25 Å². The molecule has 2 aliphatic rings. The van der Waals surface area contributed by atoms with Crippen LogP contribution < -0.4 is 0 Å². The highest BCUT2D eigenvalue weighted by Gasteiger charge is 2.44. The van der Waals surface area contributed by atoms with Gasteiger partial charge in [-0.3, -0.25) is 0 Å². The Morgan fingerprint density at radius 3 is 2.40 bits per heavy atom. The Balaban J connectivity index is 2.02. The first-order valence-electron chi connectivity index (χ1n) is 4.02. The number of fused-ring (bicyclic) bond motifs is 2. The van der Waals surface area contributed by atoms with Crippen molar-refractivity contribution < 1.29 is 5.11 Å². The molecule has 58 valence electrons. The summed E-state index contributed by atoms with van der Waals surface area (Å²) in [5, 5.41) is 10.3. The van der Waals surface area contributed by atoms with Crippen LogP contribution in [0.3, 0.4) is 0 Å². The van der Waals surface area contributed by atoms with Crippen LogP contribution in [0.15, 0.2) is 0 Å². The molecule has 1 nitrogen and oxygen atoms in total. The molecule has 4 unspecified atom stereocenters. The maximum absolute atomic E-state index is 9.42. The van der Waals surface area contributed by atoms with Crippen molar-refractivity contribution in [2.75, 3.05) is 6.26 Å². The molecule has 0 aliphatic heterocycles. The molecule has 0 aromatic heterocycles. The minimum Gasteiger partial charge on any atom is -0.393 e. The van der Waals surface area contributed by atoms with Gasteiger partial charge in [0.15, 0.2) is 0 Å². The number of hydrogen-bond donors (Lipinski definition) is 1. The van der Waals surface area contributed by atoms with Crippen LogP contribution in [0.4, 0.5) is 0 Å². The van der Waals surface area contributed by atoms with Crippen molar-refractivity contribution in [1.29, 1.82) is 0 Å². The lowest BCUT2D eigenvalue weighted by Gasteiger charge is -2.22. The number of aliphatic hydroxyl groups is 1. The Bertz CT molecular complexity index is 135. The monoisotopic (exact) mass is 158 g/mol. The van der Waals surface area contributed by atoms with Crippen molar-refractivity contribution in [3.8, 4) is 0 Å². The molecule has 10 heavy (non-hydrogen) atoms. The second kappa shape index (κ2) is 2.42. The molecular weight excluding hydrogens is 144 g/mol. The summed E-state index contributed by atoms with van der Waals surface area (Å²) in [7, 11) is 0. The minimum atomic E-state index is 0.0494. The molecule has 2 saturated carbocycles. The van der Waals surface area contributed by atoms with Crippen LogP contribution in [0, 0.1) is 11.8 Å². The van der Waals surface area contributed by atoms with Gasteiger partial charge < -0.3 is 5.11 Å². The number of thioether (sulfide) groups is 1. The van der Waals surface area contributed by atoms with E-state index in [9.17, 15) is 5.11 Å². The number of aliphatic hydroxyl groups excluding tert-OH is 1. The smallest absolute Gasteiger partial charge is 0.0572 e. The fourth-order valence-electron chi connectivity index (χ4n) is 2.48. The van der Waals surface area contributed by atoms with Crippen LogP contribution in [0.1, 0.15) is 19.3 Å². The molecule has 2 aliphatic carbocycles. The summed E-state index contributed by atoms with van der Waals surface area (Å²) >= 11 is 1.99. The Hall–Kier alpha value is 0.310. The van der Waals surface area contributed by atoms with Crippen LogP contribution in [0.2, 0.25) is 0 Å². The third kappa shape index (κ3) is 0.892. The average molecular weight is 158 g/mol. The van der Waals surface area contributed by atoms with Crippen LogP contribution in [-0.2, 0) is 0 Å². The maximum Gasteiger partial charge on any atom is 0.0572 e. The highest BCUT2D eigenvalue weighted by molar-refractivity contribution is 7.99. The van der Waals surface area contributed by atoms with Gasteiger partial charge in [0.05, 0.1) is 6.10 Å². The van der Waals surface area contributed by atoms with E-state index in [1.807, 2.05) is 11.8 Å². The van der Waals surface area contributed by atoms with E-state index in [4.69, 9.17) is 0 Å².